The third-order valence-electron chi connectivity index (χ3n) is 22.1. The molecule has 6 nitrogen and oxygen atoms in total. The van der Waals surface area contributed by atoms with E-state index in [4.69, 9.17) is 10.2 Å². The molecule has 8 aliphatic rings. The van der Waals surface area contributed by atoms with E-state index in [1.807, 2.05) is 13.8 Å². The van der Waals surface area contributed by atoms with Crippen LogP contribution in [0.2, 0.25) is 0 Å². The lowest BCUT2D eigenvalue weighted by atomic mass is 9.74. The second-order valence-electron chi connectivity index (χ2n) is 31.1. The van der Waals surface area contributed by atoms with Crippen molar-refractivity contribution in [1.29, 1.82) is 0 Å². The van der Waals surface area contributed by atoms with Crippen LogP contribution < -0.4 is 0 Å². The highest BCUT2D eigenvalue weighted by atomic mass is 19.3. The van der Waals surface area contributed by atoms with Crippen LogP contribution in [0.25, 0.3) is 0 Å². The van der Waals surface area contributed by atoms with Crippen LogP contribution in [0.3, 0.4) is 0 Å². The van der Waals surface area contributed by atoms with Gasteiger partial charge in [-0.05, 0) is 189 Å². The van der Waals surface area contributed by atoms with E-state index in [1.165, 1.54) is 161 Å². The number of aliphatic hydroxyl groups is 6. The minimum Gasteiger partial charge on any atom is -0.396 e. The number of halogens is 2. The maximum atomic E-state index is 12.7. The molecule has 0 radical (unpaired) electrons. The maximum Gasteiger partial charge on any atom is 0.250 e. The summed E-state index contributed by atoms with van der Waals surface area (Å²) in [5.74, 6) is 10.7. The van der Waals surface area contributed by atoms with Crippen LogP contribution in [0, 0.1) is 112 Å². The third-order valence-corrected chi connectivity index (χ3v) is 22.1. The molecule has 14 unspecified atom stereocenters. The van der Waals surface area contributed by atoms with Crippen molar-refractivity contribution in [3.05, 3.63) is 0 Å². The molecule has 0 aromatic carbocycles. The van der Waals surface area contributed by atoms with Gasteiger partial charge in [0, 0.05) is 26.1 Å². The molecular weight excluding hydrogens is 1020 g/mol. The summed E-state index contributed by atoms with van der Waals surface area (Å²) in [6.45, 7) is 38.9. The minimum atomic E-state index is -2.63. The molecule has 8 heteroatoms. The van der Waals surface area contributed by atoms with Crippen LogP contribution in [-0.2, 0) is 0 Å². The lowest BCUT2D eigenvalue weighted by Gasteiger charge is -2.35. The van der Waals surface area contributed by atoms with Gasteiger partial charge in [0.15, 0.2) is 0 Å². The summed E-state index contributed by atoms with van der Waals surface area (Å²) in [5, 5.41) is 56.1. The van der Waals surface area contributed by atoms with Crippen LogP contribution >= 0.6 is 0 Å². The second kappa shape index (κ2) is 44.1. The summed E-state index contributed by atoms with van der Waals surface area (Å²) in [6, 6.07) is 0. The Morgan fingerprint density at radius 2 is 0.585 bits per heavy atom. The number of aliphatic hydroxyl groups excluding tert-OH is 6. The van der Waals surface area contributed by atoms with Gasteiger partial charge in [0.05, 0.1) is 24.4 Å². The highest BCUT2D eigenvalue weighted by molar-refractivity contribution is 4.86. The van der Waals surface area contributed by atoms with Crippen LogP contribution in [0.1, 0.15) is 317 Å². The average Bonchev–Trinajstić information content (AvgIpc) is 4.04. The van der Waals surface area contributed by atoms with Crippen LogP contribution in [-0.4, -0.2) is 74.2 Å². The molecule has 0 saturated heterocycles. The lowest BCUT2D eigenvalue weighted by Crippen LogP contribution is -2.38. The molecule has 0 aromatic rings. The first-order chi connectivity index (χ1) is 38.6. The summed E-state index contributed by atoms with van der Waals surface area (Å²) in [7, 11) is 0. The SMILES string of the molecule is CC(C)C1CCC(F)(F)CC1O.CC(C)C1CCCC1CO.CC(C)C1CCCC1O.CC(C)C1CCCCC1.CC(C)C1CCCCC1C.CC(C)C1CCCCC1CO.CC(C)C1CCCCC1O.CC(C)C1CCCCCC1O. The van der Waals surface area contributed by atoms with Crippen LogP contribution in [0.4, 0.5) is 8.78 Å². The molecule has 14 atom stereocenters. The van der Waals surface area contributed by atoms with E-state index in [0.717, 1.165) is 72.5 Å². The fourth-order valence-corrected chi connectivity index (χ4v) is 16.3. The number of rotatable bonds is 10. The lowest BCUT2D eigenvalue weighted by molar-refractivity contribution is -0.105. The molecular formula is C74H146F2O6. The van der Waals surface area contributed by atoms with Gasteiger partial charge < -0.3 is 30.6 Å². The molecule has 0 bridgehead atoms. The normalized spacial score (nSPS) is 33.2. The molecule has 82 heavy (non-hydrogen) atoms. The third kappa shape index (κ3) is 32.2. The van der Waals surface area contributed by atoms with E-state index in [2.05, 4.69) is 104 Å². The van der Waals surface area contributed by atoms with Crippen molar-refractivity contribution in [1.82, 2.24) is 0 Å². The minimum absolute atomic E-state index is 0.00463. The molecule has 0 aromatic heterocycles. The summed E-state index contributed by atoms with van der Waals surface area (Å²) >= 11 is 0. The van der Waals surface area contributed by atoms with Crippen molar-refractivity contribution in [3.8, 4) is 0 Å². The van der Waals surface area contributed by atoms with Crippen molar-refractivity contribution in [3.63, 3.8) is 0 Å². The monoisotopic (exact) mass is 1170 g/mol. The Labute approximate surface area is 509 Å². The molecule has 8 fully saturated rings. The average molecular weight is 1170 g/mol. The van der Waals surface area contributed by atoms with Crippen molar-refractivity contribution >= 4 is 0 Å². The Kier molecular flexibility index (Phi) is 42.9. The Bertz CT molecular complexity index is 1440. The van der Waals surface area contributed by atoms with Crippen molar-refractivity contribution in [2.75, 3.05) is 13.2 Å². The fraction of sp³-hybridized carbons (Fsp3) is 1.00. The Balaban J connectivity index is 0.000000469. The van der Waals surface area contributed by atoms with Gasteiger partial charge in [0.1, 0.15) is 0 Å². The molecule has 8 saturated carbocycles. The Hall–Kier alpha value is -0.380. The summed E-state index contributed by atoms with van der Waals surface area (Å²) in [4.78, 5) is 0. The molecule has 0 heterocycles. The highest BCUT2D eigenvalue weighted by Gasteiger charge is 2.41. The smallest absolute Gasteiger partial charge is 0.250 e. The van der Waals surface area contributed by atoms with Gasteiger partial charge >= 0.3 is 0 Å². The van der Waals surface area contributed by atoms with Gasteiger partial charge in [-0.1, -0.05) is 227 Å². The van der Waals surface area contributed by atoms with E-state index < -0.39 is 12.0 Å². The van der Waals surface area contributed by atoms with Crippen LogP contribution in [0.5, 0.6) is 0 Å². The van der Waals surface area contributed by atoms with Crippen LogP contribution in [0.15, 0.2) is 0 Å². The highest BCUT2D eigenvalue weighted by Crippen LogP contribution is 2.41. The predicted molar refractivity (Wildman–Crippen MR) is 349 cm³/mol. The first-order valence-electron chi connectivity index (χ1n) is 35.9. The van der Waals surface area contributed by atoms with Gasteiger partial charge in [-0.25, -0.2) is 8.78 Å². The topological polar surface area (TPSA) is 121 Å². The summed E-state index contributed by atoms with van der Waals surface area (Å²) in [5.41, 5.74) is 0. The zero-order chi connectivity index (χ0) is 62.1. The quantitative estimate of drug-likeness (QED) is 0.121. The largest absolute Gasteiger partial charge is 0.396 e. The molecule has 0 amide bonds. The summed E-state index contributed by atoms with van der Waals surface area (Å²) in [6.07, 6.45) is 36.2. The van der Waals surface area contributed by atoms with Gasteiger partial charge in [-0.3, -0.25) is 0 Å². The van der Waals surface area contributed by atoms with E-state index >= 15 is 0 Å². The standard InChI is InChI=1S/2C10H20O.C10H20.C9H16F2O.2C9H18O.C9H18.C8H16O/c1-8(2)10-6-4-3-5-9(10)7-11;1-8(2)9-6-4-3-5-7-10(9)11;1-8(2)10-7-5-4-6-9(10)3;1-6(2)7-3-4-9(10,11)5-8(7)12;1-7(2)9-5-3-4-8(9)6-10;1-7(2)8-5-3-4-6-9(8)10;1-8(2)9-6-4-3-5-7-9;1-6(2)7-4-3-5-8(7)9/h2*8-11H,3-7H2,1-2H3;8-10H,4-7H2,1-3H3;6-8,12H,3-5H2,1-2H3;2*7-10H,3-6H2,1-2H3;8-9H,3-7H2,1-2H3;6-9H,3-5H2,1-2H3. The van der Waals surface area contributed by atoms with Crippen molar-refractivity contribution in [2.24, 2.45) is 112 Å². The van der Waals surface area contributed by atoms with E-state index in [-0.39, 0.29) is 37.1 Å². The molecule has 492 valence electrons. The first kappa shape index (κ1) is 79.6. The number of hydrogen-bond donors (Lipinski definition) is 6. The maximum absolute atomic E-state index is 12.7. The molecule has 8 aliphatic carbocycles. The van der Waals surface area contributed by atoms with Gasteiger partial charge in [-0.2, -0.15) is 0 Å². The van der Waals surface area contributed by atoms with E-state index in [1.54, 1.807) is 0 Å². The van der Waals surface area contributed by atoms with Gasteiger partial charge in [-0.15, -0.1) is 0 Å². The zero-order valence-electron chi connectivity index (χ0n) is 57.6. The first-order valence-corrected chi connectivity index (χ1v) is 35.9. The predicted octanol–water partition coefficient (Wildman–Crippen LogP) is 20.2. The molecule has 0 spiro atoms. The fourth-order valence-electron chi connectivity index (χ4n) is 16.3. The Morgan fingerprint density at radius 3 is 0.927 bits per heavy atom. The van der Waals surface area contributed by atoms with Gasteiger partial charge in [0.2, 0.25) is 0 Å². The zero-order valence-corrected chi connectivity index (χ0v) is 57.6. The molecule has 0 aliphatic heterocycles. The van der Waals surface area contributed by atoms with E-state index in [9.17, 15) is 29.2 Å². The molecule has 6 N–H and O–H groups in total. The Morgan fingerprint density at radius 1 is 0.305 bits per heavy atom. The van der Waals surface area contributed by atoms with Gasteiger partial charge in [0.25, 0.3) is 5.92 Å². The van der Waals surface area contributed by atoms with Crippen molar-refractivity contribution in [2.45, 2.75) is 347 Å². The number of hydrogen-bond acceptors (Lipinski definition) is 6. The summed E-state index contributed by atoms with van der Waals surface area (Å²) < 4.78 is 25.5. The number of alkyl halides is 2. The molecule has 8 rings (SSSR count). The second-order valence-corrected chi connectivity index (χ2v) is 31.1. The van der Waals surface area contributed by atoms with E-state index in [0.29, 0.717) is 72.9 Å². The van der Waals surface area contributed by atoms with Crippen molar-refractivity contribution < 1.29 is 39.4 Å².